The summed E-state index contributed by atoms with van der Waals surface area (Å²) < 4.78 is 0. The van der Waals surface area contributed by atoms with Crippen molar-refractivity contribution >= 4 is 5.91 Å². The Bertz CT molecular complexity index is 1020. The van der Waals surface area contributed by atoms with E-state index >= 15 is 0 Å². The van der Waals surface area contributed by atoms with Gasteiger partial charge in [0.25, 0.3) is 0 Å². The van der Waals surface area contributed by atoms with Gasteiger partial charge in [-0.05, 0) is 61.5 Å². The number of likely N-dealkylation sites (tertiary alicyclic amines) is 1. The van der Waals surface area contributed by atoms with Crippen LogP contribution < -0.4 is 11.1 Å². The van der Waals surface area contributed by atoms with Crippen molar-refractivity contribution in [3.63, 3.8) is 0 Å². The van der Waals surface area contributed by atoms with E-state index in [0.717, 1.165) is 50.3 Å². The number of hydrogen-bond acceptors (Lipinski definition) is 3. The molecular formula is C33H43N3O. The molecule has 3 N–H and O–H groups in total. The van der Waals surface area contributed by atoms with Crippen LogP contribution in [-0.2, 0) is 16.8 Å². The highest BCUT2D eigenvalue weighted by atomic mass is 16.1. The monoisotopic (exact) mass is 497 g/mol. The molecule has 4 nitrogen and oxygen atoms in total. The van der Waals surface area contributed by atoms with Gasteiger partial charge in [0.2, 0.25) is 5.91 Å². The molecule has 0 spiro atoms. The molecule has 0 radical (unpaired) electrons. The van der Waals surface area contributed by atoms with Gasteiger partial charge in [-0.1, -0.05) is 117 Å². The van der Waals surface area contributed by atoms with Gasteiger partial charge in [0.1, 0.15) is 5.41 Å². The molecule has 1 aliphatic rings. The molecule has 3 aromatic carbocycles. The highest BCUT2D eigenvalue weighted by Crippen LogP contribution is 2.43. The summed E-state index contributed by atoms with van der Waals surface area (Å²) in [4.78, 5) is 15.8. The smallest absolute Gasteiger partial charge is 0.232 e. The van der Waals surface area contributed by atoms with E-state index in [9.17, 15) is 4.79 Å². The second-order valence-electron chi connectivity index (χ2n) is 10.5. The van der Waals surface area contributed by atoms with Crippen LogP contribution in [0.15, 0.2) is 91.0 Å². The molecule has 1 saturated heterocycles. The van der Waals surface area contributed by atoms with Gasteiger partial charge >= 0.3 is 0 Å². The van der Waals surface area contributed by atoms with E-state index in [1.165, 1.54) is 44.1 Å². The molecule has 37 heavy (non-hydrogen) atoms. The van der Waals surface area contributed by atoms with Crippen molar-refractivity contribution in [1.82, 2.24) is 10.2 Å². The molecule has 1 fully saturated rings. The second kappa shape index (κ2) is 14.1. The molecule has 1 amide bonds. The van der Waals surface area contributed by atoms with Crippen LogP contribution in [-0.4, -0.2) is 37.0 Å². The van der Waals surface area contributed by atoms with Crippen molar-refractivity contribution in [2.75, 3.05) is 26.2 Å². The average Bonchev–Trinajstić information content (AvgIpc) is 3.41. The maximum atomic E-state index is 13.2. The number of nitrogens with zero attached hydrogens (tertiary/aromatic N) is 1. The van der Waals surface area contributed by atoms with Crippen LogP contribution in [0.4, 0.5) is 0 Å². The zero-order chi connectivity index (χ0) is 25.8. The number of carbonyl (C=O) groups is 1. The minimum Gasteiger partial charge on any atom is -0.369 e. The SMILES string of the molecule is NC(=O)C(c1ccccc1)(c1ccccc1)[C@@H]1CCN(CCCCCCCCNCc2ccccc2)C1. The van der Waals surface area contributed by atoms with Gasteiger partial charge in [0, 0.05) is 13.1 Å². The number of nitrogens with one attached hydrogen (secondary N) is 1. The fourth-order valence-corrected chi connectivity index (χ4v) is 6.04. The highest BCUT2D eigenvalue weighted by molar-refractivity contribution is 5.91. The van der Waals surface area contributed by atoms with E-state index in [1.54, 1.807) is 0 Å². The van der Waals surface area contributed by atoms with Crippen LogP contribution in [0.3, 0.4) is 0 Å². The van der Waals surface area contributed by atoms with Gasteiger partial charge in [-0.25, -0.2) is 0 Å². The van der Waals surface area contributed by atoms with Gasteiger partial charge in [0.15, 0.2) is 0 Å². The van der Waals surface area contributed by atoms with Crippen molar-refractivity contribution in [3.05, 3.63) is 108 Å². The summed E-state index contributed by atoms with van der Waals surface area (Å²) in [5.74, 6) is -0.0619. The maximum absolute atomic E-state index is 13.2. The fourth-order valence-electron chi connectivity index (χ4n) is 6.04. The van der Waals surface area contributed by atoms with Gasteiger partial charge in [0.05, 0.1) is 0 Å². The Morgan fingerprint density at radius 2 is 1.32 bits per heavy atom. The first-order valence-corrected chi connectivity index (χ1v) is 14.1. The number of primary amides is 1. The summed E-state index contributed by atoms with van der Waals surface area (Å²) in [6, 6.07) is 30.9. The predicted molar refractivity (Wildman–Crippen MR) is 153 cm³/mol. The lowest BCUT2D eigenvalue weighted by Gasteiger charge is -2.37. The van der Waals surface area contributed by atoms with Crippen molar-refractivity contribution in [3.8, 4) is 0 Å². The topological polar surface area (TPSA) is 58.4 Å². The zero-order valence-electron chi connectivity index (χ0n) is 22.2. The molecule has 4 heteroatoms. The molecule has 1 atom stereocenters. The van der Waals surface area contributed by atoms with Crippen molar-refractivity contribution in [2.24, 2.45) is 11.7 Å². The van der Waals surface area contributed by atoms with E-state index in [-0.39, 0.29) is 11.8 Å². The number of amides is 1. The van der Waals surface area contributed by atoms with E-state index in [1.807, 2.05) is 36.4 Å². The largest absolute Gasteiger partial charge is 0.369 e. The fraction of sp³-hybridized carbons (Fsp3) is 0.424. The molecule has 0 aliphatic carbocycles. The summed E-state index contributed by atoms with van der Waals surface area (Å²) in [7, 11) is 0. The first-order valence-electron chi connectivity index (χ1n) is 14.1. The third-order valence-corrected chi connectivity index (χ3v) is 7.98. The summed E-state index contributed by atoms with van der Waals surface area (Å²) >= 11 is 0. The molecule has 0 saturated carbocycles. The van der Waals surface area contributed by atoms with E-state index in [0.29, 0.717) is 0 Å². The summed E-state index contributed by atoms with van der Waals surface area (Å²) in [5, 5.41) is 3.55. The summed E-state index contributed by atoms with van der Waals surface area (Å²) in [6.07, 6.45) is 8.63. The Morgan fingerprint density at radius 3 is 1.92 bits per heavy atom. The normalized spacial score (nSPS) is 16.2. The van der Waals surface area contributed by atoms with Crippen molar-refractivity contribution in [2.45, 2.75) is 56.9 Å². The Labute approximate surface area is 223 Å². The Kier molecular flexibility index (Phi) is 10.3. The Balaban J connectivity index is 1.20. The van der Waals surface area contributed by atoms with Crippen LogP contribution in [0, 0.1) is 5.92 Å². The first-order chi connectivity index (χ1) is 18.2. The zero-order valence-corrected chi connectivity index (χ0v) is 22.2. The molecular weight excluding hydrogens is 454 g/mol. The molecule has 3 aromatic rings. The van der Waals surface area contributed by atoms with Gasteiger partial charge in [-0.2, -0.15) is 0 Å². The molecule has 0 bridgehead atoms. The molecule has 1 heterocycles. The quantitative estimate of drug-likeness (QED) is 0.257. The van der Waals surface area contributed by atoms with Gasteiger partial charge < -0.3 is 16.0 Å². The Morgan fingerprint density at radius 1 is 0.784 bits per heavy atom. The standard InChI is InChI=1S/C33H43N3O/c34-32(37)33(29-18-10-6-11-19-29,30-20-12-7-13-21-30)31-22-25-36(27-31)24-15-4-2-1-3-14-23-35-26-28-16-8-5-9-17-28/h5-13,16-21,31,35H,1-4,14-15,22-27H2,(H2,34,37)/t31-/m1/s1. The van der Waals surface area contributed by atoms with E-state index in [4.69, 9.17) is 5.73 Å². The lowest BCUT2D eigenvalue weighted by Crippen LogP contribution is -2.49. The van der Waals surface area contributed by atoms with Gasteiger partial charge in [-0.3, -0.25) is 4.79 Å². The number of rotatable bonds is 15. The average molecular weight is 498 g/mol. The molecule has 0 aromatic heterocycles. The minimum atomic E-state index is -0.786. The number of nitrogens with two attached hydrogens (primary N) is 1. The number of hydrogen-bond donors (Lipinski definition) is 2. The van der Waals surface area contributed by atoms with Crippen LogP contribution >= 0.6 is 0 Å². The van der Waals surface area contributed by atoms with Gasteiger partial charge in [-0.15, -0.1) is 0 Å². The third-order valence-electron chi connectivity index (χ3n) is 7.98. The van der Waals surface area contributed by atoms with E-state index < -0.39 is 5.41 Å². The van der Waals surface area contributed by atoms with Crippen molar-refractivity contribution in [1.29, 1.82) is 0 Å². The third kappa shape index (κ3) is 7.09. The number of unbranched alkanes of at least 4 members (excludes halogenated alkanes) is 5. The minimum absolute atomic E-state index is 0.179. The first kappa shape index (κ1) is 27.1. The van der Waals surface area contributed by atoms with Crippen LogP contribution in [0.25, 0.3) is 0 Å². The van der Waals surface area contributed by atoms with Crippen LogP contribution in [0.5, 0.6) is 0 Å². The molecule has 0 unspecified atom stereocenters. The number of carbonyl (C=O) groups excluding carboxylic acids is 1. The van der Waals surface area contributed by atoms with Crippen molar-refractivity contribution < 1.29 is 4.79 Å². The lowest BCUT2D eigenvalue weighted by molar-refractivity contribution is -0.123. The molecule has 4 rings (SSSR count). The van der Waals surface area contributed by atoms with E-state index in [2.05, 4.69) is 64.8 Å². The van der Waals surface area contributed by atoms with Crippen LogP contribution in [0.1, 0.15) is 61.6 Å². The maximum Gasteiger partial charge on any atom is 0.232 e. The number of benzene rings is 3. The second-order valence-corrected chi connectivity index (χ2v) is 10.5. The lowest BCUT2D eigenvalue weighted by atomic mass is 9.64. The summed E-state index contributed by atoms with van der Waals surface area (Å²) in [5.41, 5.74) is 8.82. The molecule has 196 valence electrons. The molecule has 1 aliphatic heterocycles. The predicted octanol–water partition coefficient (Wildman–Crippen LogP) is 5.91. The van der Waals surface area contributed by atoms with Crippen LogP contribution in [0.2, 0.25) is 0 Å². The summed E-state index contributed by atoms with van der Waals surface area (Å²) in [6.45, 7) is 5.11. The highest BCUT2D eigenvalue weighted by Gasteiger charge is 2.49. The Hall–Kier alpha value is -2.95.